The lowest BCUT2D eigenvalue weighted by molar-refractivity contribution is 0.226. The van der Waals surface area contributed by atoms with Crippen LogP contribution >= 0.6 is 0 Å². The van der Waals surface area contributed by atoms with Crippen LogP contribution in [0.15, 0.2) is 18.2 Å². The summed E-state index contributed by atoms with van der Waals surface area (Å²) in [5.74, 6) is 1.50. The Morgan fingerprint density at radius 2 is 2.11 bits per heavy atom. The van der Waals surface area contributed by atoms with E-state index in [1.165, 1.54) is 0 Å². The number of methoxy groups -OCH3 is 1. The summed E-state index contributed by atoms with van der Waals surface area (Å²) in [5.41, 5.74) is 1.07. The Balaban J connectivity index is 2.79. The van der Waals surface area contributed by atoms with E-state index in [9.17, 15) is 0 Å². The van der Waals surface area contributed by atoms with E-state index >= 15 is 0 Å². The number of hydrogen-bond donors (Lipinski definition) is 2. The second-order valence-electron chi connectivity index (χ2n) is 4.41. The predicted octanol–water partition coefficient (Wildman–Crippen LogP) is 1.95. The molecule has 1 aromatic rings. The third kappa shape index (κ3) is 4.55. The van der Waals surface area contributed by atoms with Crippen molar-refractivity contribution in [2.24, 2.45) is 0 Å². The van der Waals surface area contributed by atoms with Gasteiger partial charge in [0.05, 0.1) is 13.7 Å². The first kappa shape index (κ1) is 14.8. The maximum atomic E-state index is 8.79. The van der Waals surface area contributed by atoms with Gasteiger partial charge >= 0.3 is 0 Å². The van der Waals surface area contributed by atoms with Crippen molar-refractivity contribution in [3.8, 4) is 11.5 Å². The zero-order valence-electron chi connectivity index (χ0n) is 11.4. The molecule has 0 aliphatic rings. The zero-order chi connectivity index (χ0) is 13.4. The molecule has 0 amide bonds. The van der Waals surface area contributed by atoms with Crippen LogP contribution in [0.25, 0.3) is 0 Å². The summed E-state index contributed by atoms with van der Waals surface area (Å²) >= 11 is 0. The van der Waals surface area contributed by atoms with E-state index in [0.717, 1.165) is 23.6 Å². The Morgan fingerprint density at radius 3 is 2.72 bits per heavy atom. The van der Waals surface area contributed by atoms with Gasteiger partial charge in [-0.25, -0.2) is 0 Å². The molecule has 18 heavy (non-hydrogen) atoms. The van der Waals surface area contributed by atoms with Gasteiger partial charge in [-0.2, -0.15) is 0 Å². The maximum Gasteiger partial charge on any atom is 0.165 e. The first-order valence-corrected chi connectivity index (χ1v) is 6.32. The summed E-state index contributed by atoms with van der Waals surface area (Å²) in [5, 5.41) is 12.2. The van der Waals surface area contributed by atoms with Crippen LogP contribution in [0, 0.1) is 0 Å². The Morgan fingerprint density at radius 1 is 1.33 bits per heavy atom. The standard InChI is InChI=1S/C14H23NO3/c1-11(2)15-10-12-6-4-7-13(17-3)14(12)18-9-5-8-16/h4,6-7,11,15-16H,5,8-10H2,1-3H3. The molecule has 4 heteroatoms. The number of hydrogen-bond acceptors (Lipinski definition) is 4. The Bertz CT molecular complexity index is 353. The topological polar surface area (TPSA) is 50.7 Å². The third-order valence-electron chi connectivity index (χ3n) is 2.53. The van der Waals surface area contributed by atoms with Gasteiger partial charge in [0.25, 0.3) is 0 Å². The van der Waals surface area contributed by atoms with Gasteiger partial charge in [-0.1, -0.05) is 26.0 Å². The zero-order valence-corrected chi connectivity index (χ0v) is 11.4. The number of aliphatic hydroxyl groups excluding tert-OH is 1. The van der Waals surface area contributed by atoms with E-state index in [0.29, 0.717) is 19.1 Å². The minimum Gasteiger partial charge on any atom is -0.493 e. The van der Waals surface area contributed by atoms with Gasteiger partial charge in [0, 0.05) is 31.2 Å². The number of rotatable bonds is 8. The predicted molar refractivity (Wildman–Crippen MR) is 72.2 cm³/mol. The van der Waals surface area contributed by atoms with Gasteiger partial charge in [0.2, 0.25) is 0 Å². The number of aliphatic hydroxyl groups is 1. The van der Waals surface area contributed by atoms with E-state index in [1.54, 1.807) is 7.11 Å². The summed E-state index contributed by atoms with van der Waals surface area (Å²) in [6.45, 7) is 5.57. The number of benzene rings is 1. The first-order chi connectivity index (χ1) is 8.69. The van der Waals surface area contributed by atoms with E-state index in [4.69, 9.17) is 14.6 Å². The lowest BCUT2D eigenvalue weighted by Crippen LogP contribution is -2.22. The minimum absolute atomic E-state index is 0.134. The highest BCUT2D eigenvalue weighted by atomic mass is 16.5. The molecule has 0 aliphatic carbocycles. The average molecular weight is 253 g/mol. The van der Waals surface area contributed by atoms with E-state index in [1.807, 2.05) is 18.2 Å². The maximum absolute atomic E-state index is 8.79. The second-order valence-corrected chi connectivity index (χ2v) is 4.41. The molecule has 0 spiro atoms. The summed E-state index contributed by atoms with van der Waals surface area (Å²) in [7, 11) is 1.63. The average Bonchev–Trinajstić information content (AvgIpc) is 2.37. The Labute approximate surface area is 109 Å². The van der Waals surface area contributed by atoms with Crippen molar-refractivity contribution in [2.75, 3.05) is 20.3 Å². The van der Waals surface area contributed by atoms with Crippen molar-refractivity contribution >= 4 is 0 Å². The van der Waals surface area contributed by atoms with Crippen molar-refractivity contribution in [1.29, 1.82) is 0 Å². The molecule has 0 saturated heterocycles. The van der Waals surface area contributed by atoms with Gasteiger partial charge in [-0.3, -0.25) is 0 Å². The normalized spacial score (nSPS) is 10.7. The van der Waals surface area contributed by atoms with Crippen molar-refractivity contribution in [1.82, 2.24) is 5.32 Å². The smallest absolute Gasteiger partial charge is 0.165 e. The van der Waals surface area contributed by atoms with Crippen molar-refractivity contribution in [3.05, 3.63) is 23.8 Å². The van der Waals surface area contributed by atoms with Crippen LogP contribution in [0.2, 0.25) is 0 Å². The summed E-state index contributed by atoms with van der Waals surface area (Å²) in [6.07, 6.45) is 0.620. The molecule has 0 bridgehead atoms. The van der Waals surface area contributed by atoms with Crippen molar-refractivity contribution < 1.29 is 14.6 Å². The fourth-order valence-electron chi connectivity index (χ4n) is 1.58. The summed E-state index contributed by atoms with van der Waals surface area (Å²) < 4.78 is 11.0. The van der Waals surface area contributed by atoms with Crippen LogP contribution in [0.5, 0.6) is 11.5 Å². The molecule has 0 unspecified atom stereocenters. The molecule has 2 N–H and O–H groups in total. The van der Waals surface area contributed by atoms with Gasteiger partial charge < -0.3 is 19.9 Å². The monoisotopic (exact) mass is 253 g/mol. The molecular weight excluding hydrogens is 230 g/mol. The molecule has 4 nitrogen and oxygen atoms in total. The fourth-order valence-corrected chi connectivity index (χ4v) is 1.58. The molecule has 0 aromatic heterocycles. The highest BCUT2D eigenvalue weighted by molar-refractivity contribution is 5.46. The van der Waals surface area contributed by atoms with E-state index in [-0.39, 0.29) is 6.61 Å². The SMILES string of the molecule is COc1cccc(CNC(C)C)c1OCCCO. The summed E-state index contributed by atoms with van der Waals surface area (Å²) in [6, 6.07) is 6.27. The summed E-state index contributed by atoms with van der Waals surface area (Å²) in [4.78, 5) is 0. The van der Waals surface area contributed by atoms with E-state index < -0.39 is 0 Å². The number of ether oxygens (including phenoxy) is 2. The molecule has 0 radical (unpaired) electrons. The first-order valence-electron chi connectivity index (χ1n) is 6.32. The third-order valence-corrected chi connectivity index (χ3v) is 2.53. The number of para-hydroxylation sites is 1. The van der Waals surface area contributed by atoms with Crippen LogP contribution in [0.4, 0.5) is 0 Å². The number of nitrogens with one attached hydrogen (secondary N) is 1. The lowest BCUT2D eigenvalue weighted by Gasteiger charge is -2.16. The minimum atomic E-state index is 0.134. The molecule has 0 fully saturated rings. The molecule has 0 atom stereocenters. The van der Waals surface area contributed by atoms with Crippen LogP contribution < -0.4 is 14.8 Å². The Kier molecular flexibility index (Phi) is 6.54. The Hall–Kier alpha value is -1.26. The highest BCUT2D eigenvalue weighted by Gasteiger charge is 2.10. The van der Waals surface area contributed by atoms with Crippen LogP contribution in [-0.2, 0) is 6.54 Å². The molecular formula is C14H23NO3. The largest absolute Gasteiger partial charge is 0.493 e. The molecule has 102 valence electrons. The van der Waals surface area contributed by atoms with Gasteiger partial charge in [0.15, 0.2) is 11.5 Å². The van der Waals surface area contributed by atoms with Crippen molar-refractivity contribution in [2.45, 2.75) is 32.9 Å². The highest BCUT2D eigenvalue weighted by Crippen LogP contribution is 2.31. The van der Waals surface area contributed by atoms with Gasteiger partial charge in [0.1, 0.15) is 0 Å². The van der Waals surface area contributed by atoms with Crippen LogP contribution in [0.1, 0.15) is 25.8 Å². The lowest BCUT2D eigenvalue weighted by atomic mass is 10.1. The van der Waals surface area contributed by atoms with Gasteiger partial charge in [-0.15, -0.1) is 0 Å². The molecule has 0 aliphatic heterocycles. The molecule has 1 aromatic carbocycles. The second kappa shape index (κ2) is 7.95. The van der Waals surface area contributed by atoms with E-state index in [2.05, 4.69) is 19.2 Å². The molecule has 1 rings (SSSR count). The van der Waals surface area contributed by atoms with Gasteiger partial charge in [-0.05, 0) is 6.07 Å². The van der Waals surface area contributed by atoms with Crippen LogP contribution in [0.3, 0.4) is 0 Å². The molecule has 0 heterocycles. The fraction of sp³-hybridized carbons (Fsp3) is 0.571. The molecule has 0 saturated carbocycles. The van der Waals surface area contributed by atoms with Crippen molar-refractivity contribution in [3.63, 3.8) is 0 Å². The quantitative estimate of drug-likeness (QED) is 0.695. The van der Waals surface area contributed by atoms with Crippen LogP contribution in [-0.4, -0.2) is 31.5 Å².